The van der Waals surface area contributed by atoms with Crippen LogP contribution in [0.4, 0.5) is 0 Å². The molecule has 0 aliphatic carbocycles. The molecule has 1 aliphatic rings. The number of hydrogen-bond donors (Lipinski definition) is 0. The molecule has 0 saturated carbocycles. The summed E-state index contributed by atoms with van der Waals surface area (Å²) in [4.78, 5) is -0.147. The van der Waals surface area contributed by atoms with E-state index in [1.807, 2.05) is 0 Å². The molecule has 0 aromatic heterocycles. The second-order valence-electron chi connectivity index (χ2n) is 4.78. The normalized spacial score (nSPS) is 18.9. The molecule has 0 spiro atoms. The van der Waals surface area contributed by atoms with Gasteiger partial charge in [0.1, 0.15) is 0 Å². The van der Waals surface area contributed by atoms with E-state index in [1.54, 1.807) is 0 Å². The first-order chi connectivity index (χ1) is 9.88. The van der Waals surface area contributed by atoms with E-state index in [0.717, 1.165) is 32.3 Å². The highest BCUT2D eigenvalue weighted by Gasteiger charge is 2.18. The van der Waals surface area contributed by atoms with Crippen LogP contribution in [0.25, 0.3) is 0 Å². The van der Waals surface area contributed by atoms with Gasteiger partial charge in [0.15, 0.2) is 5.75 Å². The highest BCUT2D eigenvalue weighted by atomic mass is 35.7. The molecule has 1 heterocycles. The fourth-order valence-corrected chi connectivity index (χ4v) is 3.68. The van der Waals surface area contributed by atoms with Gasteiger partial charge in [0.05, 0.1) is 27.7 Å². The van der Waals surface area contributed by atoms with Gasteiger partial charge in [-0.1, -0.05) is 23.2 Å². The van der Waals surface area contributed by atoms with Crippen molar-refractivity contribution in [1.29, 1.82) is 0 Å². The second-order valence-corrected chi connectivity index (χ2v) is 8.16. The van der Waals surface area contributed by atoms with E-state index in [9.17, 15) is 8.42 Å². The monoisotopic (exact) mass is 372 g/mol. The maximum absolute atomic E-state index is 11.2. The summed E-state index contributed by atoms with van der Waals surface area (Å²) in [5.74, 6) is 0.273. The Hall–Kier alpha value is -0.200. The summed E-state index contributed by atoms with van der Waals surface area (Å²) in [6.07, 6.45) is 4.24. The van der Waals surface area contributed by atoms with E-state index in [2.05, 4.69) is 0 Å². The van der Waals surface area contributed by atoms with Crippen molar-refractivity contribution < 1.29 is 17.9 Å². The van der Waals surface area contributed by atoms with Crippen molar-refractivity contribution in [3.63, 3.8) is 0 Å². The van der Waals surface area contributed by atoms with Crippen molar-refractivity contribution in [1.82, 2.24) is 0 Å². The lowest BCUT2D eigenvalue weighted by Gasteiger charge is -2.12. The van der Waals surface area contributed by atoms with E-state index in [1.165, 1.54) is 12.1 Å². The summed E-state index contributed by atoms with van der Waals surface area (Å²) >= 11 is 12.0. The van der Waals surface area contributed by atoms with Crippen molar-refractivity contribution in [3.05, 3.63) is 22.2 Å². The Bertz CT molecular complexity index is 574. The Kier molecular flexibility index (Phi) is 6.03. The fourth-order valence-electron chi connectivity index (χ4n) is 2.17. The minimum Gasteiger partial charge on any atom is -0.490 e. The van der Waals surface area contributed by atoms with Gasteiger partial charge in [-0.2, -0.15) is 0 Å². The molecule has 2 rings (SSSR count). The molecule has 8 heteroatoms. The third-order valence-corrected chi connectivity index (χ3v) is 5.09. The van der Waals surface area contributed by atoms with Gasteiger partial charge < -0.3 is 9.47 Å². The van der Waals surface area contributed by atoms with Gasteiger partial charge in [0.25, 0.3) is 9.05 Å². The maximum atomic E-state index is 11.2. The molecule has 118 valence electrons. The van der Waals surface area contributed by atoms with E-state index < -0.39 is 9.05 Å². The van der Waals surface area contributed by atoms with Crippen LogP contribution in [0.3, 0.4) is 0 Å². The quantitative estimate of drug-likeness (QED) is 0.552. The first-order valence-electron chi connectivity index (χ1n) is 6.56. The fraction of sp³-hybridized carbons (Fsp3) is 0.538. The molecule has 0 N–H and O–H groups in total. The van der Waals surface area contributed by atoms with Crippen LogP contribution in [0.5, 0.6) is 5.75 Å². The summed E-state index contributed by atoms with van der Waals surface area (Å²) in [5.41, 5.74) is 0. The van der Waals surface area contributed by atoms with Crippen LogP contribution in [0, 0.1) is 0 Å². The van der Waals surface area contributed by atoms with Crippen molar-refractivity contribution in [2.24, 2.45) is 0 Å². The van der Waals surface area contributed by atoms with Gasteiger partial charge >= 0.3 is 0 Å². The van der Waals surface area contributed by atoms with Gasteiger partial charge in [0.2, 0.25) is 0 Å². The minimum absolute atomic E-state index is 0.124. The van der Waals surface area contributed by atoms with Gasteiger partial charge in [-0.15, -0.1) is 0 Å². The van der Waals surface area contributed by atoms with Crippen LogP contribution in [0.1, 0.15) is 25.7 Å². The molecule has 1 aromatic carbocycles. The highest BCUT2D eigenvalue weighted by molar-refractivity contribution is 8.13. The third-order valence-electron chi connectivity index (χ3n) is 3.19. The molecule has 0 radical (unpaired) electrons. The first kappa shape index (κ1) is 17.2. The van der Waals surface area contributed by atoms with Crippen molar-refractivity contribution >= 4 is 42.9 Å². The molecule has 4 nitrogen and oxygen atoms in total. The Morgan fingerprint density at radius 3 is 2.48 bits per heavy atom. The molecule has 0 bridgehead atoms. The van der Waals surface area contributed by atoms with E-state index in [-0.39, 0.29) is 20.7 Å². The summed E-state index contributed by atoms with van der Waals surface area (Å²) < 4.78 is 33.6. The van der Waals surface area contributed by atoms with Crippen LogP contribution in [-0.2, 0) is 13.8 Å². The molecule has 1 unspecified atom stereocenters. The molecule has 1 aliphatic heterocycles. The van der Waals surface area contributed by atoms with Crippen molar-refractivity contribution in [3.8, 4) is 5.75 Å². The van der Waals surface area contributed by atoms with Crippen LogP contribution in [0.2, 0.25) is 10.0 Å². The zero-order valence-corrected chi connectivity index (χ0v) is 14.2. The molecule has 0 amide bonds. The number of ether oxygens (including phenoxy) is 2. The summed E-state index contributed by atoms with van der Waals surface area (Å²) in [6.45, 7) is 1.27. The van der Waals surface area contributed by atoms with Crippen molar-refractivity contribution in [2.75, 3.05) is 13.2 Å². The molecule has 1 saturated heterocycles. The standard InChI is InChI=1S/C13H15Cl3O4S/c14-11-7-10(21(16,17)18)8-12(15)13(11)20-6-2-4-9-3-1-5-19-9/h7-9H,1-6H2. The smallest absolute Gasteiger partial charge is 0.261 e. The topological polar surface area (TPSA) is 52.6 Å². The largest absolute Gasteiger partial charge is 0.490 e. The molecular weight excluding hydrogens is 359 g/mol. The first-order valence-corrected chi connectivity index (χ1v) is 9.62. The van der Waals surface area contributed by atoms with Gasteiger partial charge in [-0.25, -0.2) is 8.42 Å². The summed E-state index contributed by atoms with van der Waals surface area (Å²) in [7, 11) is 1.38. The van der Waals surface area contributed by atoms with Crippen LogP contribution in [-0.4, -0.2) is 27.7 Å². The Morgan fingerprint density at radius 2 is 1.95 bits per heavy atom. The van der Waals surface area contributed by atoms with Gasteiger partial charge in [-0.3, -0.25) is 0 Å². The molecule has 21 heavy (non-hydrogen) atoms. The van der Waals surface area contributed by atoms with Gasteiger partial charge in [-0.05, 0) is 37.8 Å². The summed E-state index contributed by atoms with van der Waals surface area (Å²) in [5, 5.41) is 0.248. The number of rotatable bonds is 6. The maximum Gasteiger partial charge on any atom is 0.261 e. The van der Waals surface area contributed by atoms with Crippen LogP contribution < -0.4 is 4.74 Å². The van der Waals surface area contributed by atoms with Gasteiger partial charge in [0, 0.05) is 17.3 Å². The van der Waals surface area contributed by atoms with Crippen molar-refractivity contribution in [2.45, 2.75) is 36.7 Å². The lowest BCUT2D eigenvalue weighted by molar-refractivity contribution is 0.0981. The average molecular weight is 374 g/mol. The molecule has 1 aromatic rings. The lowest BCUT2D eigenvalue weighted by Crippen LogP contribution is -2.08. The Morgan fingerprint density at radius 1 is 1.29 bits per heavy atom. The predicted molar refractivity (Wildman–Crippen MR) is 83.2 cm³/mol. The molecular formula is C13H15Cl3O4S. The van der Waals surface area contributed by atoms with Crippen LogP contribution in [0.15, 0.2) is 17.0 Å². The minimum atomic E-state index is -3.87. The zero-order valence-electron chi connectivity index (χ0n) is 11.1. The molecule has 1 fully saturated rings. The third kappa shape index (κ3) is 4.89. The average Bonchev–Trinajstić information content (AvgIpc) is 2.88. The van der Waals surface area contributed by atoms with E-state index in [4.69, 9.17) is 43.4 Å². The number of hydrogen-bond acceptors (Lipinski definition) is 4. The Labute approximate surface area is 138 Å². The Balaban J connectivity index is 1.93. The summed E-state index contributed by atoms with van der Waals surface area (Å²) in [6, 6.07) is 2.45. The van der Waals surface area contributed by atoms with E-state index >= 15 is 0 Å². The number of halogens is 3. The second kappa shape index (κ2) is 7.38. The highest BCUT2D eigenvalue weighted by Crippen LogP contribution is 2.36. The molecule has 1 atom stereocenters. The van der Waals surface area contributed by atoms with Crippen LogP contribution >= 0.6 is 33.9 Å². The predicted octanol–water partition coefficient (Wildman–Crippen LogP) is 4.26. The zero-order chi connectivity index (χ0) is 15.5. The SMILES string of the molecule is O=S(=O)(Cl)c1cc(Cl)c(OCCCC2CCCO2)c(Cl)c1. The van der Waals surface area contributed by atoms with E-state index in [0.29, 0.717) is 12.7 Å². The lowest BCUT2D eigenvalue weighted by atomic mass is 10.1. The number of benzene rings is 1.